The summed E-state index contributed by atoms with van der Waals surface area (Å²) in [5.74, 6) is 0.530. The van der Waals surface area contributed by atoms with E-state index in [2.05, 4.69) is 48.5 Å². The van der Waals surface area contributed by atoms with E-state index in [1.165, 1.54) is 33.4 Å². The van der Waals surface area contributed by atoms with Crippen LogP contribution in [0.2, 0.25) is 0 Å². The molecule has 4 aromatic carbocycles. The smallest absolute Gasteiger partial charge is 0.115 e. The number of hydrogen-bond acceptors (Lipinski definition) is 2. The SMILES string of the molecule is Oc1ccc(C2(c3ccc(O)cc3)/C(=C3\CCc4ccccc43)Cc3ccccc32)cc1. The van der Waals surface area contributed by atoms with Crippen molar-refractivity contribution in [2.24, 2.45) is 0 Å². The Bertz CT molecular complexity index is 1300. The van der Waals surface area contributed by atoms with Gasteiger partial charge in [0, 0.05) is 0 Å². The van der Waals surface area contributed by atoms with Crippen molar-refractivity contribution in [2.45, 2.75) is 24.7 Å². The number of hydrogen-bond donors (Lipinski definition) is 2. The third-order valence-electron chi connectivity index (χ3n) is 7.19. The van der Waals surface area contributed by atoms with Crippen LogP contribution in [0.1, 0.15) is 39.8 Å². The molecule has 0 aliphatic heterocycles. The highest BCUT2D eigenvalue weighted by atomic mass is 16.3. The molecule has 4 aromatic rings. The lowest BCUT2D eigenvalue weighted by atomic mass is 9.66. The van der Waals surface area contributed by atoms with E-state index in [9.17, 15) is 10.2 Å². The highest BCUT2D eigenvalue weighted by Crippen LogP contribution is 2.56. The van der Waals surface area contributed by atoms with Crippen LogP contribution >= 0.6 is 0 Å². The molecule has 0 atom stereocenters. The van der Waals surface area contributed by atoms with E-state index >= 15 is 0 Å². The molecule has 0 bridgehead atoms. The average molecular weight is 417 g/mol. The van der Waals surface area contributed by atoms with Crippen molar-refractivity contribution in [3.05, 3.63) is 136 Å². The molecule has 0 unspecified atom stereocenters. The Kier molecular flexibility index (Phi) is 4.22. The minimum Gasteiger partial charge on any atom is -0.508 e. The molecule has 0 fully saturated rings. The van der Waals surface area contributed by atoms with Crippen molar-refractivity contribution in [1.82, 2.24) is 0 Å². The number of fused-ring (bicyclic) bond motifs is 2. The number of phenolic OH excluding ortho intramolecular Hbond substituents is 2. The van der Waals surface area contributed by atoms with Crippen molar-refractivity contribution < 1.29 is 10.2 Å². The summed E-state index contributed by atoms with van der Waals surface area (Å²) in [6.45, 7) is 0. The Morgan fingerprint density at radius 2 is 1.12 bits per heavy atom. The van der Waals surface area contributed by atoms with Crippen LogP contribution in [0.5, 0.6) is 11.5 Å². The van der Waals surface area contributed by atoms with Gasteiger partial charge < -0.3 is 10.2 Å². The van der Waals surface area contributed by atoms with Crippen LogP contribution in [0.15, 0.2) is 103 Å². The fourth-order valence-corrected chi connectivity index (χ4v) is 5.85. The maximum absolute atomic E-state index is 10.0. The molecule has 0 saturated heterocycles. The molecular weight excluding hydrogens is 392 g/mol. The van der Waals surface area contributed by atoms with Gasteiger partial charge in [-0.25, -0.2) is 0 Å². The summed E-state index contributed by atoms with van der Waals surface area (Å²) in [7, 11) is 0. The molecule has 2 nitrogen and oxygen atoms in total. The first kappa shape index (κ1) is 18.9. The number of phenols is 2. The topological polar surface area (TPSA) is 40.5 Å². The molecule has 2 aliphatic carbocycles. The van der Waals surface area contributed by atoms with Gasteiger partial charge in [0.1, 0.15) is 11.5 Å². The van der Waals surface area contributed by atoms with E-state index in [0.29, 0.717) is 0 Å². The Hall–Kier alpha value is -3.78. The van der Waals surface area contributed by atoms with Crippen LogP contribution < -0.4 is 0 Å². The molecule has 0 heterocycles. The molecule has 2 N–H and O–H groups in total. The maximum Gasteiger partial charge on any atom is 0.115 e. The van der Waals surface area contributed by atoms with Crippen molar-refractivity contribution in [1.29, 1.82) is 0 Å². The molecular formula is C30H24O2. The molecule has 0 spiro atoms. The highest BCUT2D eigenvalue weighted by molar-refractivity contribution is 5.82. The molecule has 0 amide bonds. The van der Waals surface area contributed by atoms with Crippen LogP contribution in [0, 0.1) is 0 Å². The molecule has 6 rings (SSSR count). The Balaban J connectivity index is 1.74. The normalized spacial score (nSPS) is 18.4. The first-order valence-corrected chi connectivity index (χ1v) is 11.2. The largest absolute Gasteiger partial charge is 0.508 e. The Morgan fingerprint density at radius 1 is 0.562 bits per heavy atom. The molecule has 0 aromatic heterocycles. The standard InChI is InChI=1S/C30H24O2/c31-24-14-10-22(11-15-24)30(23-12-16-25(32)17-13-23)28-8-4-2-6-21(28)19-29(30)27-18-9-20-5-1-3-7-26(20)27/h1-8,10-17,31-32H,9,18-19H2/b29-27+. The van der Waals surface area contributed by atoms with Gasteiger partial charge in [0.05, 0.1) is 5.41 Å². The van der Waals surface area contributed by atoms with Crippen LogP contribution in [-0.2, 0) is 18.3 Å². The fraction of sp³-hybridized carbons (Fsp3) is 0.133. The van der Waals surface area contributed by atoms with Gasteiger partial charge in [-0.05, 0) is 88.1 Å². The summed E-state index contributed by atoms with van der Waals surface area (Å²) >= 11 is 0. The summed E-state index contributed by atoms with van der Waals surface area (Å²) < 4.78 is 0. The van der Waals surface area contributed by atoms with Gasteiger partial charge in [0.15, 0.2) is 0 Å². The van der Waals surface area contributed by atoms with Crippen LogP contribution in [0.3, 0.4) is 0 Å². The number of aromatic hydroxyl groups is 2. The monoisotopic (exact) mass is 416 g/mol. The van der Waals surface area contributed by atoms with Gasteiger partial charge in [-0.2, -0.15) is 0 Å². The van der Waals surface area contributed by atoms with E-state index < -0.39 is 5.41 Å². The van der Waals surface area contributed by atoms with Crippen LogP contribution in [0.25, 0.3) is 5.57 Å². The van der Waals surface area contributed by atoms with Crippen molar-refractivity contribution in [3.63, 3.8) is 0 Å². The summed E-state index contributed by atoms with van der Waals surface area (Å²) in [6, 6.07) is 32.8. The predicted molar refractivity (Wildman–Crippen MR) is 128 cm³/mol. The molecule has 32 heavy (non-hydrogen) atoms. The van der Waals surface area contributed by atoms with Crippen LogP contribution in [-0.4, -0.2) is 10.2 Å². The van der Waals surface area contributed by atoms with Gasteiger partial charge in [-0.1, -0.05) is 72.8 Å². The first-order valence-electron chi connectivity index (χ1n) is 11.2. The lowest BCUT2D eigenvalue weighted by Crippen LogP contribution is -2.29. The van der Waals surface area contributed by atoms with Gasteiger partial charge in [0.2, 0.25) is 0 Å². The minimum absolute atomic E-state index is 0.265. The van der Waals surface area contributed by atoms with E-state index in [4.69, 9.17) is 0 Å². The van der Waals surface area contributed by atoms with Crippen molar-refractivity contribution in [3.8, 4) is 11.5 Å². The lowest BCUT2D eigenvalue weighted by molar-refractivity contribution is 0.474. The zero-order valence-corrected chi connectivity index (χ0v) is 17.8. The third-order valence-corrected chi connectivity index (χ3v) is 7.19. The summed E-state index contributed by atoms with van der Waals surface area (Å²) in [6.07, 6.45) is 2.98. The molecule has 2 aliphatic rings. The van der Waals surface area contributed by atoms with Crippen LogP contribution in [0.4, 0.5) is 0 Å². The molecule has 0 radical (unpaired) electrons. The zero-order valence-electron chi connectivity index (χ0n) is 17.8. The van der Waals surface area contributed by atoms with E-state index in [1.54, 1.807) is 24.3 Å². The average Bonchev–Trinajstić information content (AvgIpc) is 3.40. The number of aryl methyl sites for hydroxylation is 1. The number of rotatable bonds is 2. The van der Waals surface area contributed by atoms with Gasteiger partial charge in [0.25, 0.3) is 0 Å². The maximum atomic E-state index is 10.0. The summed E-state index contributed by atoms with van der Waals surface area (Å²) in [5.41, 5.74) is 10.0. The Labute approximate surface area is 188 Å². The second kappa shape index (κ2) is 7.13. The minimum atomic E-state index is -0.467. The Morgan fingerprint density at radius 3 is 1.78 bits per heavy atom. The van der Waals surface area contributed by atoms with E-state index in [0.717, 1.165) is 30.4 Å². The quantitative estimate of drug-likeness (QED) is 0.398. The highest BCUT2D eigenvalue weighted by Gasteiger charge is 2.47. The third kappa shape index (κ3) is 2.66. The van der Waals surface area contributed by atoms with E-state index in [1.807, 2.05) is 24.3 Å². The van der Waals surface area contributed by atoms with Crippen molar-refractivity contribution in [2.75, 3.05) is 0 Å². The first-order chi connectivity index (χ1) is 15.7. The van der Waals surface area contributed by atoms with Gasteiger partial charge in [-0.15, -0.1) is 0 Å². The van der Waals surface area contributed by atoms with Crippen molar-refractivity contribution >= 4 is 5.57 Å². The zero-order chi connectivity index (χ0) is 21.7. The van der Waals surface area contributed by atoms with E-state index in [-0.39, 0.29) is 11.5 Å². The second-order valence-electron chi connectivity index (χ2n) is 8.79. The number of allylic oxidation sites excluding steroid dienone is 2. The second-order valence-corrected chi connectivity index (χ2v) is 8.79. The molecule has 156 valence electrons. The summed E-state index contributed by atoms with van der Waals surface area (Å²) in [5, 5.41) is 20.1. The predicted octanol–water partition coefficient (Wildman–Crippen LogP) is 6.39. The lowest BCUT2D eigenvalue weighted by Gasteiger charge is -2.35. The number of benzene rings is 4. The van der Waals surface area contributed by atoms with Gasteiger partial charge in [-0.3, -0.25) is 0 Å². The summed E-state index contributed by atoms with van der Waals surface area (Å²) in [4.78, 5) is 0. The molecule has 2 heteroatoms. The van der Waals surface area contributed by atoms with Gasteiger partial charge >= 0.3 is 0 Å². The molecule has 0 saturated carbocycles. The fourth-order valence-electron chi connectivity index (χ4n) is 5.85.